The molecule has 156 valence electrons. The second-order valence-corrected chi connectivity index (χ2v) is 8.21. The molecule has 4 nitrogen and oxygen atoms in total. The number of rotatable bonds is 8. The van der Waals surface area contributed by atoms with Crippen LogP contribution in [0.2, 0.25) is 10.0 Å². The molecule has 1 heterocycles. The van der Waals surface area contributed by atoms with Crippen LogP contribution < -0.4 is 0 Å². The molecule has 0 spiro atoms. The largest absolute Gasteiger partial charge is 0.508 e. The van der Waals surface area contributed by atoms with Crippen molar-refractivity contribution in [2.24, 2.45) is 0 Å². The lowest BCUT2D eigenvalue weighted by Gasteiger charge is -2.06. The van der Waals surface area contributed by atoms with Gasteiger partial charge in [0.05, 0.1) is 16.3 Å². The number of carbonyl (C=O) groups excluding carboxylic acids is 1. The molecule has 3 aromatic rings. The fraction of sp³-hybridized carbons (Fsp3) is 0.250. The standard InChI is InChI=1S/C24H23Cl2NO3/c1-4-5-15-12-16(6-10-21(15)28)22(29)11-9-20-23(14(2)3)30-24(27-20)18-8-7-17(25)13-19(18)26/h4,6-8,10,12-14,28H,1,5,9,11H2,2-3H3. The van der Waals surface area contributed by atoms with Gasteiger partial charge in [0, 0.05) is 29.3 Å². The molecular weight excluding hydrogens is 421 g/mol. The number of benzene rings is 2. The van der Waals surface area contributed by atoms with Gasteiger partial charge in [-0.1, -0.05) is 43.1 Å². The summed E-state index contributed by atoms with van der Waals surface area (Å²) >= 11 is 12.3. The highest BCUT2D eigenvalue weighted by atomic mass is 35.5. The first-order chi connectivity index (χ1) is 14.3. The number of aromatic hydroxyl groups is 1. The Morgan fingerprint density at radius 2 is 2.00 bits per heavy atom. The van der Waals surface area contributed by atoms with E-state index in [1.54, 1.807) is 42.5 Å². The van der Waals surface area contributed by atoms with Crippen molar-refractivity contribution in [2.75, 3.05) is 0 Å². The van der Waals surface area contributed by atoms with Crippen LogP contribution in [0.4, 0.5) is 0 Å². The van der Waals surface area contributed by atoms with E-state index in [4.69, 9.17) is 27.6 Å². The molecule has 0 aliphatic carbocycles. The Labute approximate surface area is 186 Å². The summed E-state index contributed by atoms with van der Waals surface area (Å²) in [5.74, 6) is 1.40. The maximum atomic E-state index is 12.7. The number of aromatic nitrogens is 1. The number of oxazole rings is 1. The first kappa shape index (κ1) is 22.1. The third-order valence-electron chi connectivity index (χ3n) is 4.77. The van der Waals surface area contributed by atoms with Crippen LogP contribution in [0.25, 0.3) is 11.5 Å². The van der Waals surface area contributed by atoms with Crippen LogP contribution in [0.3, 0.4) is 0 Å². The van der Waals surface area contributed by atoms with Crippen LogP contribution in [-0.2, 0) is 12.8 Å². The van der Waals surface area contributed by atoms with Gasteiger partial charge in [-0.2, -0.15) is 0 Å². The van der Waals surface area contributed by atoms with Gasteiger partial charge in [0.1, 0.15) is 11.5 Å². The van der Waals surface area contributed by atoms with Crippen molar-refractivity contribution in [3.63, 3.8) is 0 Å². The summed E-state index contributed by atoms with van der Waals surface area (Å²) in [4.78, 5) is 17.4. The lowest BCUT2D eigenvalue weighted by molar-refractivity contribution is 0.0982. The van der Waals surface area contributed by atoms with Gasteiger partial charge in [0.15, 0.2) is 5.78 Å². The normalized spacial score (nSPS) is 11.1. The lowest BCUT2D eigenvalue weighted by atomic mass is 9.99. The number of aryl methyl sites for hydroxylation is 1. The van der Waals surface area contributed by atoms with Gasteiger partial charge in [-0.15, -0.1) is 6.58 Å². The van der Waals surface area contributed by atoms with Gasteiger partial charge < -0.3 is 9.52 Å². The zero-order valence-corrected chi connectivity index (χ0v) is 18.4. The predicted molar refractivity (Wildman–Crippen MR) is 121 cm³/mol. The number of halogens is 2. The van der Waals surface area contributed by atoms with Gasteiger partial charge in [-0.3, -0.25) is 4.79 Å². The van der Waals surface area contributed by atoms with Crippen LogP contribution in [0.5, 0.6) is 5.75 Å². The summed E-state index contributed by atoms with van der Waals surface area (Å²) in [5.41, 5.74) is 2.64. The van der Waals surface area contributed by atoms with E-state index in [0.29, 0.717) is 45.5 Å². The SMILES string of the molecule is C=CCc1cc(C(=O)CCc2nc(-c3ccc(Cl)cc3Cl)oc2C(C)C)ccc1O. The second-order valence-electron chi connectivity index (χ2n) is 7.37. The third kappa shape index (κ3) is 4.94. The highest BCUT2D eigenvalue weighted by molar-refractivity contribution is 6.36. The molecule has 0 saturated heterocycles. The molecule has 0 radical (unpaired) electrons. The molecule has 0 fully saturated rings. The Bertz CT molecular complexity index is 1090. The molecule has 0 amide bonds. The highest BCUT2D eigenvalue weighted by Gasteiger charge is 2.20. The van der Waals surface area contributed by atoms with E-state index in [0.717, 1.165) is 11.5 Å². The molecule has 0 aliphatic rings. The molecule has 0 unspecified atom stereocenters. The zero-order chi connectivity index (χ0) is 21.8. The van der Waals surface area contributed by atoms with Crippen molar-refractivity contribution in [3.05, 3.63) is 81.7 Å². The fourth-order valence-corrected chi connectivity index (χ4v) is 3.72. The number of phenolic OH excluding ortho intramolecular Hbond substituents is 1. The Morgan fingerprint density at radius 3 is 2.67 bits per heavy atom. The van der Waals surface area contributed by atoms with E-state index in [2.05, 4.69) is 11.6 Å². The molecule has 3 rings (SSSR count). The minimum Gasteiger partial charge on any atom is -0.508 e. The number of hydrogen-bond acceptors (Lipinski definition) is 4. The number of phenols is 1. The van der Waals surface area contributed by atoms with Crippen molar-refractivity contribution < 1.29 is 14.3 Å². The number of ketones is 1. The van der Waals surface area contributed by atoms with Crippen LogP contribution in [0.15, 0.2) is 53.5 Å². The Hall–Kier alpha value is -2.56. The maximum absolute atomic E-state index is 12.7. The summed E-state index contributed by atoms with van der Waals surface area (Å²) < 4.78 is 5.99. The molecule has 2 aromatic carbocycles. The number of nitrogens with zero attached hydrogens (tertiary/aromatic N) is 1. The van der Waals surface area contributed by atoms with Gasteiger partial charge in [0.25, 0.3) is 0 Å². The third-order valence-corrected chi connectivity index (χ3v) is 5.32. The summed E-state index contributed by atoms with van der Waals surface area (Å²) in [5, 5.41) is 10.9. The smallest absolute Gasteiger partial charge is 0.228 e. The summed E-state index contributed by atoms with van der Waals surface area (Å²) in [6.07, 6.45) is 2.91. The van der Waals surface area contributed by atoms with E-state index in [1.807, 2.05) is 13.8 Å². The molecule has 0 saturated carbocycles. The van der Waals surface area contributed by atoms with Crippen molar-refractivity contribution >= 4 is 29.0 Å². The predicted octanol–water partition coefficient (Wildman–Crippen LogP) is 7.02. The van der Waals surface area contributed by atoms with E-state index in [-0.39, 0.29) is 23.9 Å². The average molecular weight is 444 g/mol. The van der Waals surface area contributed by atoms with Crippen molar-refractivity contribution in [2.45, 2.75) is 39.0 Å². The second kappa shape index (κ2) is 9.50. The van der Waals surface area contributed by atoms with E-state index >= 15 is 0 Å². The summed E-state index contributed by atoms with van der Waals surface area (Å²) in [6, 6.07) is 10.0. The zero-order valence-electron chi connectivity index (χ0n) is 16.9. The molecule has 1 N–H and O–H groups in total. The number of Topliss-reactive ketones (excluding diaryl/α,β-unsaturated/α-hetero) is 1. The van der Waals surface area contributed by atoms with E-state index < -0.39 is 0 Å². The van der Waals surface area contributed by atoms with Crippen molar-refractivity contribution in [1.29, 1.82) is 0 Å². The molecule has 1 aromatic heterocycles. The maximum Gasteiger partial charge on any atom is 0.228 e. The molecule has 0 bridgehead atoms. The van der Waals surface area contributed by atoms with Gasteiger partial charge in [-0.25, -0.2) is 4.98 Å². The van der Waals surface area contributed by atoms with Gasteiger partial charge >= 0.3 is 0 Å². The molecule has 6 heteroatoms. The minimum absolute atomic E-state index is 0.0240. The van der Waals surface area contributed by atoms with Crippen LogP contribution in [-0.4, -0.2) is 15.9 Å². The Balaban J connectivity index is 1.82. The summed E-state index contributed by atoms with van der Waals surface area (Å²) in [6.45, 7) is 7.71. The first-order valence-electron chi connectivity index (χ1n) is 9.71. The number of allylic oxidation sites excluding steroid dienone is 1. The Kier molecular flexibility index (Phi) is 7.01. The molecule has 30 heavy (non-hydrogen) atoms. The Morgan fingerprint density at radius 1 is 1.23 bits per heavy atom. The van der Waals surface area contributed by atoms with Gasteiger partial charge in [-0.05, 0) is 48.4 Å². The van der Waals surface area contributed by atoms with Crippen molar-refractivity contribution in [1.82, 2.24) is 4.98 Å². The van der Waals surface area contributed by atoms with E-state index in [1.165, 1.54) is 0 Å². The fourth-order valence-electron chi connectivity index (χ4n) is 3.23. The van der Waals surface area contributed by atoms with Crippen LogP contribution in [0.1, 0.15) is 53.6 Å². The number of hydrogen-bond donors (Lipinski definition) is 1. The molecule has 0 aliphatic heterocycles. The quantitative estimate of drug-likeness (QED) is 0.300. The first-order valence-corrected chi connectivity index (χ1v) is 10.5. The van der Waals surface area contributed by atoms with E-state index in [9.17, 15) is 9.90 Å². The van der Waals surface area contributed by atoms with Crippen molar-refractivity contribution in [3.8, 4) is 17.2 Å². The van der Waals surface area contributed by atoms with Gasteiger partial charge in [0.2, 0.25) is 5.89 Å². The lowest BCUT2D eigenvalue weighted by Crippen LogP contribution is -2.04. The summed E-state index contributed by atoms with van der Waals surface area (Å²) in [7, 11) is 0. The average Bonchev–Trinajstić information content (AvgIpc) is 3.12. The number of carbonyl (C=O) groups is 1. The molecule has 0 atom stereocenters. The monoisotopic (exact) mass is 443 g/mol. The highest BCUT2D eigenvalue weighted by Crippen LogP contribution is 2.33. The van der Waals surface area contributed by atoms with Crippen LogP contribution >= 0.6 is 23.2 Å². The molecular formula is C24H23Cl2NO3. The topological polar surface area (TPSA) is 63.3 Å². The minimum atomic E-state index is -0.0240. The van der Waals surface area contributed by atoms with Crippen LogP contribution in [0, 0.1) is 0 Å².